The van der Waals surface area contributed by atoms with Crippen LogP contribution in [-0.2, 0) is 0 Å². The topological polar surface area (TPSA) is 29.5 Å². The minimum Gasteiger partial charge on any atom is -0.506 e. The van der Waals surface area contributed by atoms with Crippen LogP contribution >= 0.6 is 11.6 Å². The van der Waals surface area contributed by atoms with Crippen molar-refractivity contribution >= 4 is 11.6 Å². The molecule has 1 N–H and O–H groups in total. The van der Waals surface area contributed by atoms with E-state index in [4.69, 9.17) is 16.3 Å². The van der Waals surface area contributed by atoms with Crippen LogP contribution in [0.1, 0.15) is 0 Å². The van der Waals surface area contributed by atoms with Gasteiger partial charge in [-0.3, -0.25) is 0 Å². The fourth-order valence-electron chi connectivity index (χ4n) is 2.08. The molecule has 0 saturated heterocycles. The van der Waals surface area contributed by atoms with Crippen LogP contribution in [0.25, 0.3) is 11.1 Å². The summed E-state index contributed by atoms with van der Waals surface area (Å²) in [5.74, 6) is 1.62. The maximum atomic E-state index is 9.99. The van der Waals surface area contributed by atoms with Gasteiger partial charge >= 0.3 is 0 Å². The van der Waals surface area contributed by atoms with Crippen molar-refractivity contribution in [2.75, 3.05) is 0 Å². The SMILES string of the molecule is Oc1c(Cl)cccc1-c1ccc(Oc2ccccc2)cc1. The molecule has 0 atom stereocenters. The van der Waals surface area contributed by atoms with Gasteiger partial charge < -0.3 is 9.84 Å². The van der Waals surface area contributed by atoms with E-state index in [9.17, 15) is 5.11 Å². The van der Waals surface area contributed by atoms with E-state index in [0.717, 1.165) is 17.1 Å². The highest BCUT2D eigenvalue weighted by Gasteiger charge is 2.07. The largest absolute Gasteiger partial charge is 0.506 e. The third-order valence-corrected chi connectivity index (χ3v) is 3.44. The minimum absolute atomic E-state index is 0.0934. The molecule has 0 radical (unpaired) electrons. The van der Waals surface area contributed by atoms with Gasteiger partial charge in [0.1, 0.15) is 17.2 Å². The van der Waals surface area contributed by atoms with Gasteiger partial charge in [-0.15, -0.1) is 0 Å². The van der Waals surface area contributed by atoms with Crippen LogP contribution in [0.2, 0.25) is 5.02 Å². The molecule has 0 aliphatic carbocycles. The standard InChI is InChI=1S/C18H13ClO2/c19-17-8-4-7-16(18(17)20)13-9-11-15(12-10-13)21-14-5-2-1-3-6-14/h1-12,20H. The van der Waals surface area contributed by atoms with Gasteiger partial charge in [0, 0.05) is 5.56 Å². The third-order valence-electron chi connectivity index (χ3n) is 3.13. The van der Waals surface area contributed by atoms with Crippen LogP contribution in [-0.4, -0.2) is 5.11 Å². The lowest BCUT2D eigenvalue weighted by Crippen LogP contribution is -1.84. The number of benzene rings is 3. The van der Waals surface area contributed by atoms with E-state index in [-0.39, 0.29) is 5.75 Å². The average Bonchev–Trinajstić information content (AvgIpc) is 2.52. The van der Waals surface area contributed by atoms with Crippen LogP contribution in [0, 0.1) is 0 Å². The van der Waals surface area contributed by atoms with Crippen LogP contribution in [0.15, 0.2) is 72.8 Å². The van der Waals surface area contributed by atoms with Crippen molar-refractivity contribution in [3.05, 3.63) is 77.8 Å². The molecule has 0 amide bonds. The van der Waals surface area contributed by atoms with Gasteiger partial charge in [0.15, 0.2) is 0 Å². The average molecular weight is 297 g/mol. The summed E-state index contributed by atoms with van der Waals surface area (Å²) in [5.41, 5.74) is 1.59. The molecule has 0 heterocycles. The molecule has 104 valence electrons. The van der Waals surface area contributed by atoms with E-state index < -0.39 is 0 Å². The fourth-order valence-corrected chi connectivity index (χ4v) is 2.25. The molecule has 3 heteroatoms. The number of halogens is 1. The lowest BCUT2D eigenvalue weighted by Gasteiger charge is -2.08. The molecule has 2 nitrogen and oxygen atoms in total. The van der Waals surface area contributed by atoms with Gasteiger partial charge in [-0.1, -0.05) is 54.1 Å². The van der Waals surface area contributed by atoms with Gasteiger partial charge in [0.25, 0.3) is 0 Å². The lowest BCUT2D eigenvalue weighted by molar-refractivity contribution is 0.477. The number of hydrogen-bond donors (Lipinski definition) is 1. The number of phenolic OH excluding ortho intramolecular Hbond substituents is 1. The first-order valence-corrected chi connectivity index (χ1v) is 6.92. The van der Waals surface area contributed by atoms with E-state index in [1.165, 1.54) is 0 Å². The Hall–Kier alpha value is -2.45. The molecular weight excluding hydrogens is 284 g/mol. The van der Waals surface area contributed by atoms with Crippen molar-refractivity contribution in [1.82, 2.24) is 0 Å². The smallest absolute Gasteiger partial charge is 0.141 e. The Morgan fingerprint density at radius 3 is 2.10 bits per heavy atom. The molecule has 3 aromatic rings. The highest BCUT2D eigenvalue weighted by Crippen LogP contribution is 2.35. The molecule has 0 aromatic heterocycles. The number of para-hydroxylation sites is 2. The Kier molecular flexibility index (Phi) is 3.80. The second kappa shape index (κ2) is 5.90. The van der Waals surface area contributed by atoms with Gasteiger partial charge in [-0.05, 0) is 35.9 Å². The summed E-state index contributed by atoms with van der Waals surface area (Å²) in [5, 5.41) is 10.3. The second-order valence-corrected chi connectivity index (χ2v) is 4.98. The second-order valence-electron chi connectivity index (χ2n) is 4.58. The molecule has 0 aliphatic rings. The van der Waals surface area contributed by atoms with Crippen molar-refractivity contribution < 1.29 is 9.84 Å². The summed E-state index contributed by atoms with van der Waals surface area (Å²) < 4.78 is 5.73. The van der Waals surface area contributed by atoms with Crippen molar-refractivity contribution in [1.29, 1.82) is 0 Å². The maximum Gasteiger partial charge on any atom is 0.141 e. The zero-order valence-electron chi connectivity index (χ0n) is 11.2. The van der Waals surface area contributed by atoms with Crippen molar-refractivity contribution in [3.8, 4) is 28.4 Å². The summed E-state index contributed by atoms with van der Waals surface area (Å²) in [7, 11) is 0. The molecule has 0 fully saturated rings. The zero-order chi connectivity index (χ0) is 14.7. The molecule has 3 aromatic carbocycles. The van der Waals surface area contributed by atoms with E-state index in [0.29, 0.717) is 10.6 Å². The van der Waals surface area contributed by atoms with Crippen LogP contribution in [0.3, 0.4) is 0 Å². The monoisotopic (exact) mass is 296 g/mol. The molecule has 0 spiro atoms. The minimum atomic E-state index is 0.0934. The highest BCUT2D eigenvalue weighted by atomic mass is 35.5. The zero-order valence-corrected chi connectivity index (χ0v) is 11.9. The van der Waals surface area contributed by atoms with E-state index >= 15 is 0 Å². The molecule has 3 rings (SSSR count). The van der Waals surface area contributed by atoms with Crippen molar-refractivity contribution in [2.24, 2.45) is 0 Å². The third kappa shape index (κ3) is 3.01. The molecule has 21 heavy (non-hydrogen) atoms. The predicted octanol–water partition coefficient (Wildman–Crippen LogP) is 5.50. The molecule has 0 saturated carbocycles. The number of phenols is 1. The van der Waals surface area contributed by atoms with Gasteiger partial charge in [0.2, 0.25) is 0 Å². The Morgan fingerprint density at radius 2 is 1.38 bits per heavy atom. The van der Waals surface area contributed by atoms with Gasteiger partial charge in [-0.25, -0.2) is 0 Å². The predicted molar refractivity (Wildman–Crippen MR) is 85.1 cm³/mol. The highest BCUT2D eigenvalue weighted by molar-refractivity contribution is 6.32. The summed E-state index contributed by atoms with van der Waals surface area (Å²) in [6.07, 6.45) is 0. The first-order chi connectivity index (χ1) is 10.2. The summed E-state index contributed by atoms with van der Waals surface area (Å²) in [6, 6.07) is 22.4. The first kappa shape index (κ1) is 13.5. The normalized spacial score (nSPS) is 10.3. The van der Waals surface area contributed by atoms with Gasteiger partial charge in [0.05, 0.1) is 5.02 Å². The molecule has 0 unspecified atom stereocenters. The lowest BCUT2D eigenvalue weighted by atomic mass is 10.0. The van der Waals surface area contributed by atoms with Crippen molar-refractivity contribution in [2.45, 2.75) is 0 Å². The van der Waals surface area contributed by atoms with Gasteiger partial charge in [-0.2, -0.15) is 0 Å². The van der Waals surface area contributed by atoms with E-state index in [1.54, 1.807) is 6.07 Å². The van der Waals surface area contributed by atoms with Crippen LogP contribution in [0.5, 0.6) is 17.2 Å². The summed E-state index contributed by atoms with van der Waals surface area (Å²) >= 11 is 5.93. The van der Waals surface area contributed by atoms with Crippen LogP contribution < -0.4 is 4.74 Å². The van der Waals surface area contributed by atoms with E-state index in [1.807, 2.05) is 66.7 Å². The van der Waals surface area contributed by atoms with Crippen molar-refractivity contribution in [3.63, 3.8) is 0 Å². The fraction of sp³-hybridized carbons (Fsp3) is 0. The van der Waals surface area contributed by atoms with Crippen LogP contribution in [0.4, 0.5) is 0 Å². The number of hydrogen-bond acceptors (Lipinski definition) is 2. The Bertz CT molecular complexity index is 737. The Labute approximate surface area is 128 Å². The number of rotatable bonds is 3. The Balaban J connectivity index is 1.86. The summed E-state index contributed by atoms with van der Waals surface area (Å²) in [6.45, 7) is 0. The first-order valence-electron chi connectivity index (χ1n) is 6.55. The molecule has 0 aliphatic heterocycles. The Morgan fingerprint density at radius 1 is 0.714 bits per heavy atom. The molecule has 0 bridgehead atoms. The maximum absolute atomic E-state index is 9.99. The van der Waals surface area contributed by atoms with E-state index in [2.05, 4.69) is 0 Å². The number of ether oxygens (including phenoxy) is 1. The molecular formula is C18H13ClO2. The number of aromatic hydroxyl groups is 1. The summed E-state index contributed by atoms with van der Waals surface area (Å²) in [4.78, 5) is 0. The quantitative estimate of drug-likeness (QED) is 0.691.